The highest BCUT2D eigenvalue weighted by molar-refractivity contribution is 5.13. The highest BCUT2D eigenvalue weighted by atomic mass is 16.5. The molecular formula is C6H10O5. The third-order valence-corrected chi connectivity index (χ3v) is 1.54. The minimum absolute atomic E-state index is 0.0726. The lowest BCUT2D eigenvalue weighted by Gasteiger charge is -2.10. The maximum atomic E-state index is 9.06. The van der Waals surface area contributed by atoms with Crippen molar-refractivity contribution < 1.29 is 25.2 Å². The molecule has 4 N–H and O–H groups in total. The van der Waals surface area contributed by atoms with Crippen LogP contribution in [0, 0.1) is 0 Å². The van der Waals surface area contributed by atoms with Gasteiger partial charge in [-0.25, -0.2) is 0 Å². The lowest BCUT2D eigenvalue weighted by molar-refractivity contribution is -0.00148. The summed E-state index contributed by atoms with van der Waals surface area (Å²) < 4.78 is 4.76. The summed E-state index contributed by atoms with van der Waals surface area (Å²) in [4.78, 5) is 0. The van der Waals surface area contributed by atoms with E-state index in [1.807, 2.05) is 0 Å². The van der Waals surface area contributed by atoms with Crippen molar-refractivity contribution in [2.45, 2.75) is 12.2 Å². The van der Waals surface area contributed by atoms with Gasteiger partial charge in [0.25, 0.3) is 0 Å². The minimum Gasteiger partial charge on any atom is -0.506 e. The predicted molar refractivity (Wildman–Crippen MR) is 34.7 cm³/mol. The normalized spacial score (nSPS) is 30.8. The van der Waals surface area contributed by atoms with Crippen molar-refractivity contribution in [3.8, 4) is 0 Å². The molecule has 0 saturated carbocycles. The molecule has 2 atom stereocenters. The van der Waals surface area contributed by atoms with Crippen LogP contribution in [0.4, 0.5) is 0 Å². The number of hydrogen-bond acceptors (Lipinski definition) is 5. The van der Waals surface area contributed by atoms with Gasteiger partial charge < -0.3 is 25.2 Å². The van der Waals surface area contributed by atoms with Crippen LogP contribution in [0.5, 0.6) is 0 Å². The number of aliphatic hydroxyl groups is 4. The topological polar surface area (TPSA) is 90.2 Å². The summed E-state index contributed by atoms with van der Waals surface area (Å²) in [6.07, 6.45) is -2.07. The maximum absolute atomic E-state index is 9.06. The molecule has 0 fully saturated rings. The van der Waals surface area contributed by atoms with E-state index in [-0.39, 0.29) is 5.76 Å². The van der Waals surface area contributed by atoms with Gasteiger partial charge in [0.1, 0.15) is 6.61 Å². The molecule has 64 valence electrons. The molecule has 0 aliphatic carbocycles. The van der Waals surface area contributed by atoms with Crippen LogP contribution in [0.2, 0.25) is 0 Å². The molecule has 0 aromatic carbocycles. The molecule has 0 aromatic rings. The first-order chi connectivity index (χ1) is 5.20. The Labute approximate surface area is 63.2 Å². The fraction of sp³-hybridized carbons (Fsp3) is 0.667. The second-order valence-corrected chi connectivity index (χ2v) is 2.25. The van der Waals surface area contributed by atoms with Crippen molar-refractivity contribution in [1.82, 2.24) is 0 Å². The average Bonchev–Trinajstić information content (AvgIpc) is 2.30. The molecule has 0 amide bonds. The highest BCUT2D eigenvalue weighted by Crippen LogP contribution is 2.22. The molecule has 5 heteroatoms. The predicted octanol–water partition coefficient (Wildman–Crippen LogP) is -1.50. The van der Waals surface area contributed by atoms with E-state index in [9.17, 15) is 0 Å². The van der Waals surface area contributed by atoms with Crippen molar-refractivity contribution in [3.05, 3.63) is 11.5 Å². The van der Waals surface area contributed by atoms with Crippen LogP contribution in [0.1, 0.15) is 0 Å². The van der Waals surface area contributed by atoms with Gasteiger partial charge in [-0.1, -0.05) is 0 Å². The fourth-order valence-corrected chi connectivity index (χ4v) is 0.904. The van der Waals surface area contributed by atoms with Gasteiger partial charge in [0.2, 0.25) is 0 Å². The van der Waals surface area contributed by atoms with E-state index >= 15 is 0 Å². The number of aliphatic hydroxyl groups excluding tert-OH is 4. The quantitative estimate of drug-likeness (QED) is 0.397. The SMILES string of the molecule is OCC1=C(O)C(O)[C@H](CO)O1. The molecule has 1 aliphatic heterocycles. The molecule has 0 saturated heterocycles. The molecule has 11 heavy (non-hydrogen) atoms. The first kappa shape index (κ1) is 8.32. The molecule has 0 bridgehead atoms. The summed E-state index contributed by atoms with van der Waals surface area (Å²) in [5.74, 6) is -0.469. The summed E-state index contributed by atoms with van der Waals surface area (Å²) in [7, 11) is 0. The van der Waals surface area contributed by atoms with E-state index in [0.29, 0.717) is 0 Å². The number of rotatable bonds is 2. The van der Waals surface area contributed by atoms with Gasteiger partial charge in [0.05, 0.1) is 6.61 Å². The van der Waals surface area contributed by atoms with Crippen LogP contribution >= 0.6 is 0 Å². The van der Waals surface area contributed by atoms with Crippen molar-refractivity contribution in [2.24, 2.45) is 0 Å². The fourth-order valence-electron chi connectivity index (χ4n) is 0.904. The smallest absolute Gasteiger partial charge is 0.165 e. The van der Waals surface area contributed by atoms with Gasteiger partial charge in [-0.05, 0) is 0 Å². The van der Waals surface area contributed by atoms with Crippen LogP contribution in [0.3, 0.4) is 0 Å². The van der Waals surface area contributed by atoms with E-state index in [0.717, 1.165) is 0 Å². The Kier molecular flexibility index (Phi) is 2.33. The second kappa shape index (κ2) is 3.08. The van der Waals surface area contributed by atoms with Crippen LogP contribution in [0.25, 0.3) is 0 Å². The van der Waals surface area contributed by atoms with E-state index in [4.69, 9.17) is 25.2 Å². The van der Waals surface area contributed by atoms with Crippen molar-refractivity contribution >= 4 is 0 Å². The lowest BCUT2D eigenvalue weighted by Crippen LogP contribution is -2.27. The Balaban J connectivity index is 2.68. The van der Waals surface area contributed by atoms with E-state index in [1.54, 1.807) is 0 Å². The van der Waals surface area contributed by atoms with Gasteiger partial charge >= 0.3 is 0 Å². The second-order valence-electron chi connectivity index (χ2n) is 2.25. The zero-order valence-electron chi connectivity index (χ0n) is 5.77. The van der Waals surface area contributed by atoms with E-state index in [2.05, 4.69) is 0 Å². The molecule has 1 rings (SSSR count). The van der Waals surface area contributed by atoms with Crippen LogP contribution in [-0.4, -0.2) is 45.8 Å². The van der Waals surface area contributed by atoms with Gasteiger partial charge in [-0.15, -0.1) is 0 Å². The third-order valence-electron chi connectivity index (χ3n) is 1.54. The molecule has 5 nitrogen and oxygen atoms in total. The molecular weight excluding hydrogens is 152 g/mol. The van der Waals surface area contributed by atoms with Crippen LogP contribution in [-0.2, 0) is 4.74 Å². The van der Waals surface area contributed by atoms with Crippen molar-refractivity contribution in [1.29, 1.82) is 0 Å². The first-order valence-corrected chi connectivity index (χ1v) is 3.19. The lowest BCUT2D eigenvalue weighted by atomic mass is 10.2. The highest BCUT2D eigenvalue weighted by Gasteiger charge is 2.34. The van der Waals surface area contributed by atoms with Crippen molar-refractivity contribution in [2.75, 3.05) is 13.2 Å². The number of hydrogen-bond donors (Lipinski definition) is 4. The Morgan fingerprint density at radius 2 is 2.00 bits per heavy atom. The average molecular weight is 162 g/mol. The third kappa shape index (κ3) is 1.30. The van der Waals surface area contributed by atoms with Crippen LogP contribution < -0.4 is 0 Å². The summed E-state index contributed by atoms with van der Waals surface area (Å²) in [5.41, 5.74) is 0. The summed E-state index contributed by atoms with van der Waals surface area (Å²) in [5, 5.41) is 35.1. The summed E-state index contributed by atoms with van der Waals surface area (Å²) in [6.45, 7) is -0.867. The minimum atomic E-state index is -1.22. The first-order valence-electron chi connectivity index (χ1n) is 3.19. The standard InChI is InChI=1S/C6H10O5/c7-1-3-5(9)6(10)4(2-8)11-3/h3,5,7-10H,1-2H2/t3-,5?/m0/s1. The van der Waals surface area contributed by atoms with E-state index < -0.39 is 31.2 Å². The Morgan fingerprint density at radius 1 is 1.36 bits per heavy atom. The zero-order valence-corrected chi connectivity index (χ0v) is 5.77. The molecule has 1 heterocycles. The maximum Gasteiger partial charge on any atom is 0.165 e. The van der Waals surface area contributed by atoms with Crippen LogP contribution in [0.15, 0.2) is 11.5 Å². The van der Waals surface area contributed by atoms with Gasteiger partial charge in [0.15, 0.2) is 23.7 Å². The largest absolute Gasteiger partial charge is 0.506 e. The molecule has 0 spiro atoms. The summed E-state index contributed by atoms with van der Waals surface area (Å²) >= 11 is 0. The Hall–Kier alpha value is -0.780. The Morgan fingerprint density at radius 3 is 2.27 bits per heavy atom. The van der Waals surface area contributed by atoms with Crippen molar-refractivity contribution in [3.63, 3.8) is 0 Å². The van der Waals surface area contributed by atoms with Gasteiger partial charge in [-0.3, -0.25) is 0 Å². The van der Waals surface area contributed by atoms with E-state index in [1.165, 1.54) is 0 Å². The molecule has 0 radical (unpaired) electrons. The zero-order chi connectivity index (χ0) is 8.43. The Bertz CT molecular complexity index is 176. The number of ether oxygens (including phenoxy) is 1. The van der Waals surface area contributed by atoms with Gasteiger partial charge in [0, 0.05) is 0 Å². The van der Waals surface area contributed by atoms with Gasteiger partial charge in [-0.2, -0.15) is 0 Å². The monoisotopic (exact) mass is 162 g/mol. The summed E-state index contributed by atoms with van der Waals surface area (Å²) in [6, 6.07) is 0. The molecule has 1 aliphatic rings. The molecule has 1 unspecified atom stereocenters. The molecule has 0 aromatic heterocycles.